The maximum Gasteiger partial charge on any atom is 0.323 e. The van der Waals surface area contributed by atoms with Gasteiger partial charge in [0.1, 0.15) is 6.04 Å². The number of likely N-dealkylation sites (tertiary alicyclic amines) is 1. The topological polar surface area (TPSA) is 48.0 Å². The molecule has 0 amide bonds. The highest BCUT2D eigenvalue weighted by Gasteiger charge is 2.30. The van der Waals surface area contributed by atoms with Gasteiger partial charge in [-0.05, 0) is 40.2 Å². The normalized spacial score (nSPS) is 20.3. The van der Waals surface area contributed by atoms with Crippen molar-refractivity contribution in [3.05, 3.63) is 0 Å². The molecule has 5 heteroatoms. The quantitative estimate of drug-likeness (QED) is 0.480. The highest BCUT2D eigenvalue weighted by Crippen LogP contribution is 2.19. The molecule has 1 unspecified atom stereocenters. The lowest BCUT2D eigenvalue weighted by Crippen LogP contribution is -2.46. The van der Waals surface area contributed by atoms with Crippen LogP contribution in [0.2, 0.25) is 0 Å². The number of hydrogen-bond acceptors (Lipinski definition) is 5. The highest BCUT2D eigenvalue weighted by atomic mass is 16.7. The predicted octanol–water partition coefficient (Wildman–Crippen LogP) is 2.19. The first kappa shape index (κ1) is 17.4. The second-order valence-electron chi connectivity index (χ2n) is 4.93. The van der Waals surface area contributed by atoms with Gasteiger partial charge < -0.3 is 14.2 Å². The van der Waals surface area contributed by atoms with Crippen LogP contribution >= 0.6 is 0 Å². The summed E-state index contributed by atoms with van der Waals surface area (Å²) < 4.78 is 16.3. The van der Waals surface area contributed by atoms with Crippen LogP contribution in [0.5, 0.6) is 0 Å². The second kappa shape index (κ2) is 10.1. The van der Waals surface area contributed by atoms with E-state index < -0.39 is 0 Å². The third-order valence-corrected chi connectivity index (χ3v) is 3.53. The first-order valence-corrected chi connectivity index (χ1v) is 7.86. The van der Waals surface area contributed by atoms with E-state index in [2.05, 4.69) is 4.90 Å². The van der Waals surface area contributed by atoms with Gasteiger partial charge in [-0.25, -0.2) is 0 Å². The Morgan fingerprint density at radius 3 is 2.45 bits per heavy atom. The molecule has 0 aliphatic carbocycles. The minimum atomic E-state index is -0.172. The van der Waals surface area contributed by atoms with Gasteiger partial charge in [0.05, 0.1) is 6.61 Å². The monoisotopic (exact) mass is 287 g/mol. The molecule has 1 aliphatic rings. The van der Waals surface area contributed by atoms with Gasteiger partial charge in [0.15, 0.2) is 6.29 Å². The molecule has 0 aromatic rings. The lowest BCUT2D eigenvalue weighted by Gasteiger charge is -2.34. The van der Waals surface area contributed by atoms with Crippen LogP contribution in [0.3, 0.4) is 0 Å². The molecule has 1 rings (SSSR count). The van der Waals surface area contributed by atoms with Crippen LogP contribution < -0.4 is 0 Å². The number of nitrogens with zero attached hydrogens (tertiary/aromatic N) is 1. The van der Waals surface area contributed by atoms with Gasteiger partial charge in [0, 0.05) is 26.2 Å². The maximum atomic E-state index is 12.0. The zero-order valence-corrected chi connectivity index (χ0v) is 13.1. The summed E-state index contributed by atoms with van der Waals surface area (Å²) in [5.41, 5.74) is 0. The Hall–Kier alpha value is -0.650. The molecule has 1 atom stereocenters. The Morgan fingerprint density at radius 2 is 1.85 bits per heavy atom. The van der Waals surface area contributed by atoms with Crippen LogP contribution in [0, 0.1) is 0 Å². The Bertz CT molecular complexity index is 267. The predicted molar refractivity (Wildman–Crippen MR) is 77.5 cm³/mol. The molecule has 0 radical (unpaired) electrons. The standard InChI is InChI=1S/C15H29NO4/c1-4-18-14(19-5-2)10-12-16-11-8-7-9-13(16)15(17)20-6-3/h13-14H,4-12H2,1-3H3. The van der Waals surface area contributed by atoms with E-state index in [1.54, 1.807) is 0 Å². The minimum absolute atomic E-state index is 0.0865. The first-order chi connectivity index (χ1) is 9.72. The van der Waals surface area contributed by atoms with E-state index in [9.17, 15) is 4.79 Å². The van der Waals surface area contributed by atoms with E-state index in [0.29, 0.717) is 19.8 Å². The van der Waals surface area contributed by atoms with Crippen molar-refractivity contribution in [3.8, 4) is 0 Å². The average Bonchev–Trinajstić information content (AvgIpc) is 2.46. The molecule has 1 saturated heterocycles. The molecule has 0 bridgehead atoms. The summed E-state index contributed by atoms with van der Waals surface area (Å²) in [6.45, 7) is 9.29. The lowest BCUT2D eigenvalue weighted by molar-refractivity contribution is -0.155. The maximum absolute atomic E-state index is 12.0. The Labute approximate surface area is 122 Å². The fourth-order valence-electron chi connectivity index (χ4n) is 2.62. The fourth-order valence-corrected chi connectivity index (χ4v) is 2.62. The van der Waals surface area contributed by atoms with E-state index in [1.807, 2.05) is 20.8 Å². The van der Waals surface area contributed by atoms with Crippen molar-refractivity contribution in [1.82, 2.24) is 4.90 Å². The van der Waals surface area contributed by atoms with Crippen LogP contribution in [-0.2, 0) is 19.0 Å². The van der Waals surface area contributed by atoms with Gasteiger partial charge >= 0.3 is 5.97 Å². The van der Waals surface area contributed by atoms with Gasteiger partial charge in [-0.2, -0.15) is 0 Å². The van der Waals surface area contributed by atoms with Gasteiger partial charge in [-0.1, -0.05) is 6.42 Å². The molecule has 1 aliphatic heterocycles. The van der Waals surface area contributed by atoms with Gasteiger partial charge in [-0.15, -0.1) is 0 Å². The van der Waals surface area contributed by atoms with Crippen molar-refractivity contribution < 1.29 is 19.0 Å². The number of carbonyl (C=O) groups is 1. The third kappa shape index (κ3) is 5.77. The second-order valence-corrected chi connectivity index (χ2v) is 4.93. The zero-order chi connectivity index (χ0) is 14.8. The molecule has 0 aromatic carbocycles. The molecule has 1 fully saturated rings. The van der Waals surface area contributed by atoms with E-state index >= 15 is 0 Å². The molecule has 118 valence electrons. The van der Waals surface area contributed by atoms with Crippen LogP contribution in [-0.4, -0.2) is 56.1 Å². The van der Waals surface area contributed by atoms with Crippen molar-refractivity contribution in [2.45, 2.75) is 58.8 Å². The number of esters is 1. The van der Waals surface area contributed by atoms with Gasteiger partial charge in [0.25, 0.3) is 0 Å². The Morgan fingerprint density at radius 1 is 1.15 bits per heavy atom. The summed E-state index contributed by atoms with van der Waals surface area (Å²) in [5, 5.41) is 0. The van der Waals surface area contributed by atoms with E-state index in [4.69, 9.17) is 14.2 Å². The van der Waals surface area contributed by atoms with Crippen molar-refractivity contribution >= 4 is 5.97 Å². The van der Waals surface area contributed by atoms with Crippen LogP contribution in [0.25, 0.3) is 0 Å². The van der Waals surface area contributed by atoms with Crippen LogP contribution in [0.15, 0.2) is 0 Å². The Balaban J connectivity index is 2.46. The van der Waals surface area contributed by atoms with E-state index in [1.165, 1.54) is 0 Å². The molecule has 0 aromatic heterocycles. The fraction of sp³-hybridized carbons (Fsp3) is 0.933. The van der Waals surface area contributed by atoms with Crippen molar-refractivity contribution in [1.29, 1.82) is 0 Å². The molecule has 0 spiro atoms. The molecule has 1 heterocycles. The zero-order valence-electron chi connectivity index (χ0n) is 13.1. The molecule has 0 N–H and O–H groups in total. The molecular formula is C15H29NO4. The summed E-state index contributed by atoms with van der Waals surface area (Å²) in [5.74, 6) is -0.0865. The number of hydrogen-bond donors (Lipinski definition) is 0. The number of carbonyl (C=O) groups excluding carboxylic acids is 1. The van der Waals surface area contributed by atoms with Crippen molar-refractivity contribution in [2.24, 2.45) is 0 Å². The molecule has 0 saturated carbocycles. The van der Waals surface area contributed by atoms with Gasteiger partial charge in [0.2, 0.25) is 0 Å². The summed E-state index contributed by atoms with van der Waals surface area (Å²) in [7, 11) is 0. The number of piperidine rings is 1. The minimum Gasteiger partial charge on any atom is -0.465 e. The average molecular weight is 287 g/mol. The molecule has 5 nitrogen and oxygen atoms in total. The summed E-state index contributed by atoms with van der Waals surface area (Å²) in [6, 6.07) is -0.0902. The third-order valence-electron chi connectivity index (χ3n) is 3.53. The van der Waals surface area contributed by atoms with Crippen LogP contribution in [0.4, 0.5) is 0 Å². The summed E-state index contributed by atoms with van der Waals surface area (Å²) in [6.07, 6.45) is 3.75. The summed E-state index contributed by atoms with van der Waals surface area (Å²) >= 11 is 0. The molecule has 20 heavy (non-hydrogen) atoms. The summed E-state index contributed by atoms with van der Waals surface area (Å²) in [4.78, 5) is 14.2. The SMILES string of the molecule is CCOC(=O)C1CCCCN1CCC(OCC)OCC. The smallest absolute Gasteiger partial charge is 0.323 e. The highest BCUT2D eigenvalue weighted by molar-refractivity contribution is 5.75. The number of rotatable bonds is 9. The number of ether oxygens (including phenoxy) is 3. The van der Waals surface area contributed by atoms with Crippen molar-refractivity contribution in [2.75, 3.05) is 32.9 Å². The van der Waals surface area contributed by atoms with Gasteiger partial charge in [-0.3, -0.25) is 9.69 Å². The van der Waals surface area contributed by atoms with E-state index in [-0.39, 0.29) is 18.3 Å². The van der Waals surface area contributed by atoms with Crippen LogP contribution in [0.1, 0.15) is 46.5 Å². The van der Waals surface area contributed by atoms with Crippen molar-refractivity contribution in [3.63, 3.8) is 0 Å². The lowest BCUT2D eigenvalue weighted by atomic mass is 10.0. The largest absolute Gasteiger partial charge is 0.465 e. The van der Waals surface area contributed by atoms with E-state index in [0.717, 1.165) is 38.8 Å². The molecular weight excluding hydrogens is 258 g/mol. The first-order valence-electron chi connectivity index (χ1n) is 7.86. The Kier molecular flexibility index (Phi) is 8.82.